The SMILES string of the molecule is C(/c1ccccc1)=[N+]1\CCC[N-]1. The van der Waals surface area contributed by atoms with E-state index in [-0.39, 0.29) is 0 Å². The van der Waals surface area contributed by atoms with Gasteiger partial charge < -0.3 is 5.43 Å². The van der Waals surface area contributed by atoms with Crippen LogP contribution in [0.15, 0.2) is 30.3 Å². The van der Waals surface area contributed by atoms with Crippen molar-refractivity contribution in [2.24, 2.45) is 0 Å². The highest BCUT2D eigenvalue weighted by Crippen LogP contribution is 2.04. The Morgan fingerprint density at radius 1 is 1.25 bits per heavy atom. The Hall–Kier alpha value is -1.31. The third kappa shape index (κ3) is 1.64. The molecule has 62 valence electrons. The molecular formula is C10H12N2. The van der Waals surface area contributed by atoms with E-state index >= 15 is 0 Å². The molecule has 0 aromatic heterocycles. The van der Waals surface area contributed by atoms with Crippen LogP contribution < -0.4 is 0 Å². The van der Waals surface area contributed by atoms with Gasteiger partial charge in [0, 0.05) is 5.56 Å². The van der Waals surface area contributed by atoms with E-state index in [2.05, 4.69) is 23.8 Å². The zero-order valence-corrected chi connectivity index (χ0v) is 6.98. The summed E-state index contributed by atoms with van der Waals surface area (Å²) in [6.45, 7) is 2.04. The molecule has 1 heterocycles. The van der Waals surface area contributed by atoms with Crippen LogP contribution in [0.5, 0.6) is 0 Å². The Kier molecular flexibility index (Phi) is 2.08. The summed E-state index contributed by atoms with van der Waals surface area (Å²) in [6, 6.07) is 10.3. The van der Waals surface area contributed by atoms with Gasteiger partial charge in [0.1, 0.15) is 6.54 Å². The van der Waals surface area contributed by atoms with E-state index in [1.807, 2.05) is 22.9 Å². The lowest BCUT2D eigenvalue weighted by atomic mass is 10.2. The molecule has 1 aromatic rings. The van der Waals surface area contributed by atoms with Gasteiger partial charge in [-0.15, -0.1) is 0 Å². The lowest BCUT2D eigenvalue weighted by Gasteiger charge is -2.03. The Balaban J connectivity index is 2.16. The molecule has 0 radical (unpaired) electrons. The summed E-state index contributed by atoms with van der Waals surface area (Å²) in [5.74, 6) is 0. The van der Waals surface area contributed by atoms with Crippen LogP contribution >= 0.6 is 0 Å². The highest BCUT2D eigenvalue weighted by atomic mass is 15.4. The van der Waals surface area contributed by atoms with Crippen molar-refractivity contribution >= 4 is 6.21 Å². The van der Waals surface area contributed by atoms with E-state index < -0.39 is 0 Å². The minimum Gasteiger partial charge on any atom is -0.440 e. The van der Waals surface area contributed by atoms with Crippen LogP contribution in [-0.4, -0.2) is 24.0 Å². The van der Waals surface area contributed by atoms with Gasteiger partial charge in [0.05, 0.1) is 0 Å². The molecule has 0 amide bonds. The normalized spacial score (nSPS) is 19.5. The molecule has 0 saturated carbocycles. The number of rotatable bonds is 1. The van der Waals surface area contributed by atoms with E-state index in [0.29, 0.717) is 0 Å². The first-order valence-corrected chi connectivity index (χ1v) is 4.29. The lowest BCUT2D eigenvalue weighted by molar-refractivity contribution is -0.454. The first-order valence-electron chi connectivity index (χ1n) is 4.29. The predicted octanol–water partition coefficient (Wildman–Crippen LogP) is 1.81. The highest BCUT2D eigenvalue weighted by molar-refractivity contribution is 5.75. The van der Waals surface area contributed by atoms with E-state index in [1.54, 1.807) is 0 Å². The molecule has 1 saturated heterocycles. The summed E-state index contributed by atoms with van der Waals surface area (Å²) in [6.07, 6.45) is 3.27. The minimum atomic E-state index is 0.976. The lowest BCUT2D eigenvalue weighted by Crippen LogP contribution is -2.02. The van der Waals surface area contributed by atoms with Gasteiger partial charge in [-0.25, -0.2) is 0 Å². The highest BCUT2D eigenvalue weighted by Gasteiger charge is 2.01. The number of nitrogens with zero attached hydrogens (tertiary/aromatic N) is 2. The minimum absolute atomic E-state index is 0.976. The quantitative estimate of drug-likeness (QED) is 0.557. The number of benzene rings is 1. The van der Waals surface area contributed by atoms with Crippen molar-refractivity contribution in [1.82, 2.24) is 0 Å². The topological polar surface area (TPSA) is 17.1 Å². The Morgan fingerprint density at radius 2 is 2.08 bits per heavy atom. The van der Waals surface area contributed by atoms with Gasteiger partial charge in [-0.1, -0.05) is 24.7 Å². The van der Waals surface area contributed by atoms with Crippen LogP contribution in [0.25, 0.3) is 5.43 Å². The second-order valence-electron chi connectivity index (χ2n) is 2.92. The fraction of sp³-hybridized carbons (Fsp3) is 0.300. The summed E-state index contributed by atoms with van der Waals surface area (Å²) in [5, 5.41) is 0. The van der Waals surface area contributed by atoms with Gasteiger partial charge in [0.2, 0.25) is 0 Å². The second kappa shape index (κ2) is 3.39. The first-order chi connectivity index (χ1) is 5.95. The second-order valence-corrected chi connectivity index (χ2v) is 2.92. The monoisotopic (exact) mass is 160 g/mol. The van der Waals surface area contributed by atoms with Crippen LogP contribution in [0.1, 0.15) is 12.0 Å². The molecule has 2 nitrogen and oxygen atoms in total. The van der Waals surface area contributed by atoms with Gasteiger partial charge in [0.15, 0.2) is 6.21 Å². The smallest absolute Gasteiger partial charge is 0.166 e. The van der Waals surface area contributed by atoms with Crippen molar-refractivity contribution in [2.75, 3.05) is 13.1 Å². The zero-order chi connectivity index (χ0) is 8.23. The average Bonchev–Trinajstić information content (AvgIpc) is 2.59. The molecule has 1 aliphatic heterocycles. The maximum atomic E-state index is 4.31. The van der Waals surface area contributed by atoms with Crippen LogP contribution in [0, 0.1) is 0 Å². The van der Waals surface area contributed by atoms with Crippen LogP contribution in [-0.2, 0) is 0 Å². The maximum absolute atomic E-state index is 4.31. The summed E-state index contributed by atoms with van der Waals surface area (Å²) < 4.78 is 2.02. The Morgan fingerprint density at radius 3 is 2.75 bits per heavy atom. The molecule has 0 spiro atoms. The van der Waals surface area contributed by atoms with Gasteiger partial charge in [-0.05, 0) is 18.6 Å². The fourth-order valence-electron chi connectivity index (χ4n) is 1.32. The van der Waals surface area contributed by atoms with E-state index in [4.69, 9.17) is 0 Å². The van der Waals surface area contributed by atoms with Crippen molar-refractivity contribution < 1.29 is 4.68 Å². The van der Waals surface area contributed by atoms with E-state index in [1.165, 1.54) is 12.0 Å². The van der Waals surface area contributed by atoms with Crippen LogP contribution in [0.2, 0.25) is 0 Å². The molecule has 0 bridgehead atoms. The molecular weight excluding hydrogens is 148 g/mol. The zero-order valence-electron chi connectivity index (χ0n) is 6.98. The van der Waals surface area contributed by atoms with Gasteiger partial charge in [0.25, 0.3) is 0 Å². The molecule has 1 aliphatic rings. The molecule has 0 N–H and O–H groups in total. The van der Waals surface area contributed by atoms with Crippen molar-refractivity contribution in [3.05, 3.63) is 41.3 Å². The predicted molar refractivity (Wildman–Crippen MR) is 49.6 cm³/mol. The summed E-state index contributed by atoms with van der Waals surface area (Å²) in [4.78, 5) is 0. The van der Waals surface area contributed by atoms with Gasteiger partial charge >= 0.3 is 0 Å². The standard InChI is InChI=1S/C10H12N2/c1-2-5-10(6-3-1)9-12-8-4-7-11-12/h1-3,5-6,9H,4,7-8H2/b12-9-. The average molecular weight is 160 g/mol. The van der Waals surface area contributed by atoms with Crippen LogP contribution in [0.4, 0.5) is 0 Å². The molecule has 0 atom stereocenters. The summed E-state index contributed by atoms with van der Waals surface area (Å²) >= 11 is 0. The first kappa shape index (κ1) is 7.35. The van der Waals surface area contributed by atoms with Crippen LogP contribution in [0.3, 0.4) is 0 Å². The number of hydrogen-bond donors (Lipinski definition) is 0. The molecule has 0 aliphatic carbocycles. The summed E-state index contributed by atoms with van der Waals surface area (Å²) in [5.41, 5.74) is 5.53. The van der Waals surface area contributed by atoms with Crippen molar-refractivity contribution in [2.45, 2.75) is 6.42 Å². The van der Waals surface area contributed by atoms with E-state index in [9.17, 15) is 0 Å². The van der Waals surface area contributed by atoms with Crippen molar-refractivity contribution in [1.29, 1.82) is 0 Å². The van der Waals surface area contributed by atoms with Crippen molar-refractivity contribution in [3.63, 3.8) is 0 Å². The largest absolute Gasteiger partial charge is 0.440 e. The fourth-order valence-corrected chi connectivity index (χ4v) is 1.32. The molecule has 1 fully saturated rings. The third-order valence-electron chi connectivity index (χ3n) is 1.92. The molecule has 1 aromatic carbocycles. The Labute approximate surface area is 72.5 Å². The molecule has 2 rings (SSSR count). The molecule has 12 heavy (non-hydrogen) atoms. The molecule has 2 heteroatoms. The number of hydrogen-bond acceptors (Lipinski definition) is 0. The van der Waals surface area contributed by atoms with Gasteiger partial charge in [-0.3, -0.25) is 4.68 Å². The van der Waals surface area contributed by atoms with E-state index in [0.717, 1.165) is 13.1 Å². The summed E-state index contributed by atoms with van der Waals surface area (Å²) in [7, 11) is 0. The maximum Gasteiger partial charge on any atom is 0.166 e. The third-order valence-corrected chi connectivity index (χ3v) is 1.92. The molecule has 0 unspecified atom stereocenters. The van der Waals surface area contributed by atoms with Crippen molar-refractivity contribution in [3.8, 4) is 0 Å². The van der Waals surface area contributed by atoms with Gasteiger partial charge in [-0.2, -0.15) is 0 Å². The Bertz CT molecular complexity index is 269.